The van der Waals surface area contributed by atoms with Crippen LogP contribution in [0.2, 0.25) is 0 Å². The predicted octanol–water partition coefficient (Wildman–Crippen LogP) is 9.57. The lowest BCUT2D eigenvalue weighted by atomic mass is 9.87. The first kappa shape index (κ1) is 23.1. The van der Waals surface area contributed by atoms with E-state index in [0.29, 0.717) is 5.82 Å². The van der Waals surface area contributed by atoms with Crippen molar-refractivity contribution >= 4 is 15.9 Å². The van der Waals surface area contributed by atoms with Crippen LogP contribution in [-0.2, 0) is 0 Å². The van der Waals surface area contributed by atoms with E-state index in [-0.39, 0.29) is 0 Å². The van der Waals surface area contributed by atoms with Gasteiger partial charge in [-0.2, -0.15) is 0 Å². The Kier molecular flexibility index (Phi) is 6.45. The average Bonchev–Trinajstić information content (AvgIpc) is 2.98. The third-order valence-corrected chi connectivity index (χ3v) is 7.13. The van der Waals surface area contributed by atoms with Crippen LogP contribution in [0.4, 0.5) is 0 Å². The Labute approximate surface area is 225 Å². The van der Waals surface area contributed by atoms with Crippen molar-refractivity contribution in [1.82, 2.24) is 9.97 Å². The minimum absolute atomic E-state index is 0.690. The molecule has 3 heteroatoms. The summed E-state index contributed by atoms with van der Waals surface area (Å²) in [5.41, 5.74) is 10.2. The second kappa shape index (κ2) is 10.3. The minimum atomic E-state index is 0.690. The van der Waals surface area contributed by atoms with E-state index in [1.807, 2.05) is 12.1 Å². The third kappa shape index (κ3) is 4.62. The highest BCUT2D eigenvalue weighted by Gasteiger charge is 2.19. The van der Waals surface area contributed by atoms with E-state index in [9.17, 15) is 0 Å². The lowest BCUT2D eigenvalue weighted by molar-refractivity contribution is 1.17. The molecule has 1 heterocycles. The zero-order chi connectivity index (χ0) is 25.0. The molecule has 0 aliphatic rings. The summed E-state index contributed by atoms with van der Waals surface area (Å²) in [5.74, 6) is 0.690. The van der Waals surface area contributed by atoms with Gasteiger partial charge in [0.25, 0.3) is 0 Å². The van der Waals surface area contributed by atoms with E-state index in [2.05, 4.69) is 141 Å². The lowest BCUT2D eigenvalue weighted by Gasteiger charge is -2.18. The first-order chi connectivity index (χ1) is 18.3. The number of hydrogen-bond donors (Lipinski definition) is 0. The lowest BCUT2D eigenvalue weighted by Crippen LogP contribution is -1.96. The van der Waals surface area contributed by atoms with Crippen LogP contribution in [0.15, 0.2) is 144 Å². The Morgan fingerprint density at radius 1 is 0.405 bits per heavy atom. The van der Waals surface area contributed by atoms with Crippen LogP contribution in [0, 0.1) is 0 Å². The summed E-state index contributed by atoms with van der Waals surface area (Å²) in [7, 11) is 0. The molecule has 176 valence electrons. The monoisotopic (exact) mass is 538 g/mol. The minimum Gasteiger partial charge on any atom is -0.237 e. The molecule has 6 aromatic rings. The number of aromatic nitrogens is 2. The topological polar surface area (TPSA) is 25.8 Å². The molecule has 0 fully saturated rings. The van der Waals surface area contributed by atoms with Gasteiger partial charge in [0, 0.05) is 22.4 Å². The normalized spacial score (nSPS) is 10.8. The van der Waals surface area contributed by atoms with Gasteiger partial charge in [0.2, 0.25) is 0 Å². The summed E-state index contributed by atoms with van der Waals surface area (Å²) in [6, 6.07) is 44.5. The summed E-state index contributed by atoms with van der Waals surface area (Å²) in [4.78, 5) is 9.25. The largest absolute Gasteiger partial charge is 0.237 e. The van der Waals surface area contributed by atoms with Gasteiger partial charge >= 0.3 is 0 Å². The molecule has 1 aromatic heterocycles. The molecule has 0 N–H and O–H groups in total. The van der Waals surface area contributed by atoms with Crippen LogP contribution in [0.25, 0.3) is 55.9 Å². The number of benzene rings is 5. The van der Waals surface area contributed by atoms with Crippen molar-refractivity contribution < 1.29 is 0 Å². The fourth-order valence-electron chi connectivity index (χ4n) is 4.82. The number of hydrogen-bond acceptors (Lipinski definition) is 2. The quantitative estimate of drug-likeness (QED) is 0.218. The van der Waals surface area contributed by atoms with Gasteiger partial charge in [-0.15, -0.1) is 0 Å². The molecule has 0 bridgehead atoms. The molecule has 0 unspecified atom stereocenters. The Bertz CT molecular complexity index is 1660. The first-order valence-electron chi connectivity index (χ1n) is 12.2. The maximum absolute atomic E-state index is 4.62. The van der Waals surface area contributed by atoms with Crippen molar-refractivity contribution in [2.75, 3.05) is 0 Å². The average molecular weight is 539 g/mol. The Morgan fingerprint density at radius 3 is 1.43 bits per heavy atom. The van der Waals surface area contributed by atoms with Crippen LogP contribution in [0.3, 0.4) is 0 Å². The van der Waals surface area contributed by atoms with Crippen molar-refractivity contribution in [3.63, 3.8) is 0 Å². The van der Waals surface area contributed by atoms with Crippen LogP contribution in [0.5, 0.6) is 0 Å². The summed E-state index contributed by atoms with van der Waals surface area (Å²) in [5, 5.41) is 0. The van der Waals surface area contributed by atoms with E-state index >= 15 is 0 Å². The predicted molar refractivity (Wildman–Crippen MR) is 157 cm³/mol. The van der Waals surface area contributed by atoms with E-state index < -0.39 is 0 Å². The Morgan fingerprint density at radius 2 is 0.865 bits per heavy atom. The van der Waals surface area contributed by atoms with Gasteiger partial charge in [-0.1, -0.05) is 109 Å². The zero-order valence-corrected chi connectivity index (χ0v) is 21.6. The molecule has 0 atom stereocenters. The molecule has 6 rings (SSSR count). The summed E-state index contributed by atoms with van der Waals surface area (Å²) in [6.07, 6.45) is 3.58. The highest BCUT2D eigenvalue weighted by molar-refractivity contribution is 9.10. The molecular weight excluding hydrogens is 516 g/mol. The number of rotatable bonds is 5. The van der Waals surface area contributed by atoms with Crippen molar-refractivity contribution in [2.45, 2.75) is 0 Å². The molecular formula is C34H23BrN2. The van der Waals surface area contributed by atoms with E-state index in [1.165, 1.54) is 27.8 Å². The number of nitrogens with zero attached hydrogens (tertiary/aromatic N) is 2. The molecule has 0 spiro atoms. The summed E-state index contributed by atoms with van der Waals surface area (Å²) < 4.78 is 0.955. The van der Waals surface area contributed by atoms with Gasteiger partial charge in [-0.3, -0.25) is 0 Å². The van der Waals surface area contributed by atoms with Gasteiger partial charge in [0.05, 0.1) is 0 Å². The van der Waals surface area contributed by atoms with Crippen LogP contribution in [0.1, 0.15) is 0 Å². The van der Waals surface area contributed by atoms with E-state index in [1.54, 1.807) is 12.4 Å². The number of halogens is 1. The third-order valence-electron chi connectivity index (χ3n) is 6.50. The van der Waals surface area contributed by atoms with Gasteiger partial charge in [0.1, 0.15) is 0 Å². The molecule has 0 aliphatic heterocycles. The second-order valence-corrected chi connectivity index (χ2v) is 9.63. The van der Waals surface area contributed by atoms with Crippen molar-refractivity contribution in [3.8, 4) is 55.9 Å². The van der Waals surface area contributed by atoms with Crippen LogP contribution < -0.4 is 0 Å². The molecule has 0 saturated carbocycles. The molecule has 37 heavy (non-hydrogen) atoms. The molecule has 0 amide bonds. The Hall–Kier alpha value is -4.34. The fourth-order valence-corrected chi connectivity index (χ4v) is 5.46. The van der Waals surface area contributed by atoms with Crippen LogP contribution in [-0.4, -0.2) is 9.97 Å². The smallest absolute Gasteiger partial charge is 0.160 e. The van der Waals surface area contributed by atoms with Crippen molar-refractivity contribution in [2.24, 2.45) is 0 Å². The van der Waals surface area contributed by atoms with Crippen LogP contribution >= 0.6 is 15.9 Å². The molecule has 5 aromatic carbocycles. The maximum atomic E-state index is 4.62. The van der Waals surface area contributed by atoms with Crippen molar-refractivity contribution in [1.29, 1.82) is 0 Å². The molecule has 0 aliphatic carbocycles. The second-order valence-electron chi connectivity index (χ2n) is 8.78. The highest BCUT2D eigenvalue weighted by Crippen LogP contribution is 2.44. The first-order valence-corrected chi connectivity index (χ1v) is 13.0. The van der Waals surface area contributed by atoms with Gasteiger partial charge < -0.3 is 0 Å². The molecule has 0 radical (unpaired) electrons. The maximum Gasteiger partial charge on any atom is 0.160 e. The summed E-state index contributed by atoms with van der Waals surface area (Å²) >= 11 is 3.91. The van der Waals surface area contributed by atoms with Gasteiger partial charge in [-0.25, -0.2) is 9.97 Å². The van der Waals surface area contributed by atoms with E-state index in [4.69, 9.17) is 0 Å². The Balaban J connectivity index is 1.64. The van der Waals surface area contributed by atoms with Crippen molar-refractivity contribution in [3.05, 3.63) is 144 Å². The summed E-state index contributed by atoms with van der Waals surface area (Å²) in [6.45, 7) is 0. The standard InChI is InChI=1S/C34H23BrN2/c35-32-23-26(29-18-8-7-16-27(29)24-12-3-1-4-13-24)22-31(33(32)34-36-20-11-21-37-34)30-19-10-9-17-28(30)25-14-5-2-6-15-25/h1-23H. The van der Waals surface area contributed by atoms with Gasteiger partial charge in [-0.05, 0) is 78.6 Å². The van der Waals surface area contributed by atoms with E-state index in [0.717, 1.165) is 26.7 Å². The molecule has 2 nitrogen and oxygen atoms in total. The SMILES string of the molecule is Brc1cc(-c2ccccc2-c2ccccc2)cc(-c2ccccc2-c2ccccc2)c1-c1ncccn1. The molecule has 0 saturated heterocycles. The highest BCUT2D eigenvalue weighted by atomic mass is 79.9. The fraction of sp³-hybridized carbons (Fsp3) is 0. The van der Waals surface area contributed by atoms with Gasteiger partial charge in [0.15, 0.2) is 5.82 Å². The zero-order valence-electron chi connectivity index (χ0n) is 20.1.